The zero-order chi connectivity index (χ0) is 27.4. The summed E-state index contributed by atoms with van der Waals surface area (Å²) in [5.74, 6) is -6.29. The largest absolute Gasteiger partial charge is 0.481 e. The number of carbonyl (C=O) groups is 6. The SMILES string of the molecule is CC(C)CC(NC(=O)C(N)CC(N)=O)C(=O)NC(Cc1ccccc1)C(=O)NC(CC(=O)O)C(=O)O. The molecule has 0 fully saturated rings. The summed E-state index contributed by atoms with van der Waals surface area (Å²) in [4.78, 5) is 71.9. The number of hydrogen-bond acceptors (Lipinski definition) is 7. The number of benzene rings is 1. The molecule has 13 heteroatoms. The molecular formula is C23H33N5O8. The van der Waals surface area contributed by atoms with Crippen LogP contribution in [0.1, 0.15) is 38.7 Å². The van der Waals surface area contributed by atoms with Crippen LogP contribution in [-0.4, -0.2) is 69.9 Å². The highest BCUT2D eigenvalue weighted by molar-refractivity contribution is 5.95. The summed E-state index contributed by atoms with van der Waals surface area (Å²) < 4.78 is 0. The number of primary amides is 1. The van der Waals surface area contributed by atoms with Crippen molar-refractivity contribution >= 4 is 35.6 Å². The van der Waals surface area contributed by atoms with E-state index in [1.54, 1.807) is 44.2 Å². The number of nitrogens with one attached hydrogen (secondary N) is 3. The predicted molar refractivity (Wildman–Crippen MR) is 127 cm³/mol. The second kappa shape index (κ2) is 14.4. The number of rotatable bonds is 15. The maximum Gasteiger partial charge on any atom is 0.326 e. The highest BCUT2D eigenvalue weighted by Crippen LogP contribution is 2.09. The Bertz CT molecular complexity index is 953. The van der Waals surface area contributed by atoms with Gasteiger partial charge in [0.2, 0.25) is 23.6 Å². The van der Waals surface area contributed by atoms with E-state index in [1.807, 2.05) is 0 Å². The third-order valence-electron chi connectivity index (χ3n) is 5.01. The Morgan fingerprint density at radius 3 is 1.83 bits per heavy atom. The Hall–Kier alpha value is -4.00. The third kappa shape index (κ3) is 11.0. The number of amides is 4. The van der Waals surface area contributed by atoms with Gasteiger partial charge in [0.25, 0.3) is 0 Å². The maximum absolute atomic E-state index is 13.1. The van der Waals surface area contributed by atoms with Gasteiger partial charge in [-0.05, 0) is 17.9 Å². The molecule has 0 bridgehead atoms. The average molecular weight is 508 g/mol. The first-order valence-electron chi connectivity index (χ1n) is 11.2. The van der Waals surface area contributed by atoms with Crippen molar-refractivity contribution in [3.8, 4) is 0 Å². The predicted octanol–water partition coefficient (Wildman–Crippen LogP) is -1.51. The van der Waals surface area contributed by atoms with Crippen LogP contribution in [0.4, 0.5) is 0 Å². The van der Waals surface area contributed by atoms with Crippen molar-refractivity contribution in [1.82, 2.24) is 16.0 Å². The van der Waals surface area contributed by atoms with E-state index < -0.39 is 72.6 Å². The molecule has 1 rings (SSSR count). The molecule has 0 aliphatic carbocycles. The first kappa shape index (κ1) is 30.0. The van der Waals surface area contributed by atoms with Gasteiger partial charge < -0.3 is 37.6 Å². The van der Waals surface area contributed by atoms with Crippen molar-refractivity contribution in [3.63, 3.8) is 0 Å². The highest BCUT2D eigenvalue weighted by Gasteiger charge is 2.31. The zero-order valence-corrected chi connectivity index (χ0v) is 20.1. The first-order valence-corrected chi connectivity index (χ1v) is 11.2. The third-order valence-corrected chi connectivity index (χ3v) is 5.01. The Balaban J connectivity index is 3.13. The molecule has 13 nitrogen and oxygen atoms in total. The van der Waals surface area contributed by atoms with Crippen LogP contribution in [-0.2, 0) is 35.2 Å². The minimum Gasteiger partial charge on any atom is -0.481 e. The molecule has 36 heavy (non-hydrogen) atoms. The van der Waals surface area contributed by atoms with Crippen molar-refractivity contribution in [2.24, 2.45) is 17.4 Å². The number of hydrogen-bond donors (Lipinski definition) is 7. The lowest BCUT2D eigenvalue weighted by molar-refractivity contribution is -0.147. The van der Waals surface area contributed by atoms with Gasteiger partial charge in [0, 0.05) is 6.42 Å². The van der Waals surface area contributed by atoms with Crippen molar-refractivity contribution in [3.05, 3.63) is 35.9 Å². The van der Waals surface area contributed by atoms with Gasteiger partial charge in [-0.3, -0.25) is 24.0 Å². The normalized spacial score (nSPS) is 14.1. The van der Waals surface area contributed by atoms with Gasteiger partial charge in [0.1, 0.15) is 18.1 Å². The smallest absolute Gasteiger partial charge is 0.326 e. The number of carboxylic acid groups (broad SMARTS) is 2. The summed E-state index contributed by atoms with van der Waals surface area (Å²) in [5.41, 5.74) is 11.4. The minimum absolute atomic E-state index is 0.0403. The van der Waals surface area contributed by atoms with Gasteiger partial charge in [-0.2, -0.15) is 0 Å². The first-order chi connectivity index (χ1) is 16.8. The van der Waals surface area contributed by atoms with Crippen molar-refractivity contribution in [1.29, 1.82) is 0 Å². The van der Waals surface area contributed by atoms with Crippen LogP contribution < -0.4 is 27.4 Å². The lowest BCUT2D eigenvalue weighted by atomic mass is 10.0. The zero-order valence-electron chi connectivity index (χ0n) is 20.1. The quantitative estimate of drug-likeness (QED) is 0.146. The van der Waals surface area contributed by atoms with Gasteiger partial charge in [0.05, 0.1) is 18.9 Å². The van der Waals surface area contributed by atoms with E-state index in [0.29, 0.717) is 5.56 Å². The number of nitrogens with two attached hydrogens (primary N) is 2. The van der Waals surface area contributed by atoms with E-state index in [0.717, 1.165) is 0 Å². The van der Waals surface area contributed by atoms with Crippen LogP contribution in [0.3, 0.4) is 0 Å². The Morgan fingerprint density at radius 1 is 0.806 bits per heavy atom. The second-order valence-corrected chi connectivity index (χ2v) is 8.72. The molecular weight excluding hydrogens is 474 g/mol. The van der Waals surface area contributed by atoms with Crippen molar-refractivity contribution in [2.45, 2.75) is 63.7 Å². The van der Waals surface area contributed by atoms with Crippen LogP contribution in [0.25, 0.3) is 0 Å². The van der Waals surface area contributed by atoms with Gasteiger partial charge in [-0.1, -0.05) is 44.2 Å². The summed E-state index contributed by atoms with van der Waals surface area (Å²) in [6, 6.07) is 3.12. The van der Waals surface area contributed by atoms with Gasteiger partial charge in [-0.15, -0.1) is 0 Å². The van der Waals surface area contributed by atoms with Crippen LogP contribution >= 0.6 is 0 Å². The van der Waals surface area contributed by atoms with E-state index in [4.69, 9.17) is 16.6 Å². The topological polar surface area (TPSA) is 231 Å². The summed E-state index contributed by atoms with van der Waals surface area (Å²) in [6.45, 7) is 3.60. The summed E-state index contributed by atoms with van der Waals surface area (Å²) >= 11 is 0. The molecule has 0 radical (unpaired) electrons. The van der Waals surface area contributed by atoms with E-state index in [-0.39, 0.29) is 18.8 Å². The molecule has 0 spiro atoms. The molecule has 0 saturated carbocycles. The van der Waals surface area contributed by atoms with Gasteiger partial charge >= 0.3 is 11.9 Å². The fraction of sp³-hybridized carbons (Fsp3) is 0.478. The molecule has 0 heterocycles. The van der Waals surface area contributed by atoms with Crippen LogP contribution in [0.5, 0.6) is 0 Å². The molecule has 0 aromatic heterocycles. The molecule has 0 saturated heterocycles. The molecule has 1 aromatic rings. The van der Waals surface area contributed by atoms with Crippen LogP contribution in [0.15, 0.2) is 30.3 Å². The molecule has 4 amide bonds. The maximum atomic E-state index is 13.1. The number of aliphatic carboxylic acids is 2. The summed E-state index contributed by atoms with van der Waals surface area (Å²) in [5, 5.41) is 25.3. The molecule has 0 aliphatic heterocycles. The second-order valence-electron chi connectivity index (χ2n) is 8.72. The number of carbonyl (C=O) groups excluding carboxylic acids is 4. The molecule has 4 unspecified atom stereocenters. The molecule has 0 aliphatic rings. The van der Waals surface area contributed by atoms with Crippen molar-refractivity contribution in [2.75, 3.05) is 0 Å². The van der Waals surface area contributed by atoms with Crippen molar-refractivity contribution < 1.29 is 39.0 Å². The molecule has 9 N–H and O–H groups in total. The van der Waals surface area contributed by atoms with E-state index in [1.165, 1.54) is 0 Å². The average Bonchev–Trinajstić information content (AvgIpc) is 2.77. The summed E-state index contributed by atoms with van der Waals surface area (Å²) in [6.07, 6.45) is -1.17. The lowest BCUT2D eigenvalue weighted by Gasteiger charge is -2.26. The lowest BCUT2D eigenvalue weighted by Crippen LogP contribution is -2.58. The standard InChI is InChI=1S/C23H33N5O8/c1-12(2)8-15(26-20(32)14(24)10-18(25)29)21(33)27-16(9-13-6-4-3-5-7-13)22(34)28-17(23(35)36)11-19(30)31/h3-7,12,14-17H,8-11,24H2,1-2H3,(H2,25,29)(H,26,32)(H,27,33)(H,28,34)(H,30,31)(H,35,36). The van der Waals surface area contributed by atoms with Gasteiger partial charge in [0.15, 0.2) is 0 Å². The highest BCUT2D eigenvalue weighted by atomic mass is 16.4. The van der Waals surface area contributed by atoms with Crippen LogP contribution in [0, 0.1) is 5.92 Å². The molecule has 198 valence electrons. The Kier molecular flexibility index (Phi) is 12.0. The molecule has 4 atom stereocenters. The van der Waals surface area contributed by atoms with Crippen LogP contribution in [0.2, 0.25) is 0 Å². The van der Waals surface area contributed by atoms with E-state index in [9.17, 15) is 33.9 Å². The van der Waals surface area contributed by atoms with E-state index >= 15 is 0 Å². The minimum atomic E-state index is -1.72. The Labute approximate surface area is 208 Å². The van der Waals surface area contributed by atoms with E-state index in [2.05, 4.69) is 16.0 Å². The van der Waals surface area contributed by atoms with Gasteiger partial charge in [-0.25, -0.2) is 4.79 Å². The fourth-order valence-corrected chi connectivity index (χ4v) is 3.27. The Morgan fingerprint density at radius 2 is 1.33 bits per heavy atom. The number of carboxylic acids is 2. The molecule has 1 aromatic carbocycles. The summed E-state index contributed by atoms with van der Waals surface area (Å²) in [7, 11) is 0. The fourth-order valence-electron chi connectivity index (χ4n) is 3.27. The monoisotopic (exact) mass is 507 g/mol.